The first-order chi connectivity index (χ1) is 27.2. The van der Waals surface area contributed by atoms with Crippen LogP contribution in [0.1, 0.15) is 94.3 Å². The highest BCUT2D eigenvalue weighted by Crippen LogP contribution is 2.36. The van der Waals surface area contributed by atoms with Gasteiger partial charge in [-0.15, -0.1) is 0 Å². The number of nitrogens with one attached hydrogen (secondary N) is 3. The van der Waals surface area contributed by atoms with Gasteiger partial charge in [-0.25, -0.2) is 19.9 Å². The summed E-state index contributed by atoms with van der Waals surface area (Å²) < 4.78 is 2.10. The second-order valence-corrected chi connectivity index (χ2v) is 15.8. The average molecular weight is 760 g/mol. The zero-order chi connectivity index (χ0) is 38.5. The standard InChI is InChI=1S/C40H45N11O5/c1-23-3-2-4-31(44-23)37(53)46-26-17-28(18-26)50-22-43-34-35(41-21-42-36(34)50)45-25-11-13-48(14-12-25)20-24-9-15-49(16-10-24)27-5-6-29-30(19-27)40(56)51(39(29)55)32-7-8-33(52)47-38(32)54/h2-6,19,21-22,24-26,28,32H,7-18,20H2,1H3,(H,46,53)(H,41,42,45)(H,47,52,54). The number of pyridine rings is 1. The summed E-state index contributed by atoms with van der Waals surface area (Å²) in [5.41, 5.74) is 4.35. The minimum absolute atomic E-state index is 0.0794. The predicted molar refractivity (Wildman–Crippen MR) is 205 cm³/mol. The largest absolute Gasteiger partial charge is 0.371 e. The van der Waals surface area contributed by atoms with Gasteiger partial charge in [0.1, 0.15) is 23.6 Å². The Kier molecular flexibility index (Phi) is 9.43. The molecule has 5 aliphatic rings. The summed E-state index contributed by atoms with van der Waals surface area (Å²) in [4.78, 5) is 87.2. The van der Waals surface area contributed by atoms with E-state index in [9.17, 15) is 24.0 Å². The molecule has 0 bridgehead atoms. The molecule has 1 saturated carbocycles. The van der Waals surface area contributed by atoms with Crippen LogP contribution in [0.25, 0.3) is 11.2 Å². The third kappa shape index (κ3) is 6.86. The Morgan fingerprint density at radius 1 is 0.875 bits per heavy atom. The molecule has 4 fully saturated rings. The van der Waals surface area contributed by atoms with E-state index in [0.717, 1.165) is 105 Å². The van der Waals surface area contributed by atoms with E-state index >= 15 is 0 Å². The first kappa shape index (κ1) is 35.9. The number of rotatable bonds is 9. The number of fused-ring (bicyclic) bond motifs is 2. The number of carbonyl (C=O) groups excluding carboxylic acids is 5. The van der Waals surface area contributed by atoms with E-state index in [1.807, 2.05) is 31.5 Å². The molecule has 5 amide bonds. The molecule has 1 aliphatic carbocycles. The highest BCUT2D eigenvalue weighted by Gasteiger charge is 2.45. The monoisotopic (exact) mass is 759 g/mol. The molecule has 16 nitrogen and oxygen atoms in total. The summed E-state index contributed by atoms with van der Waals surface area (Å²) in [7, 11) is 0. The minimum atomic E-state index is -0.966. The quantitative estimate of drug-likeness (QED) is 0.212. The van der Waals surface area contributed by atoms with Gasteiger partial charge < -0.3 is 25.0 Å². The lowest BCUT2D eigenvalue weighted by Gasteiger charge is -2.38. The predicted octanol–water partition coefficient (Wildman–Crippen LogP) is 2.86. The van der Waals surface area contributed by atoms with E-state index in [-0.39, 0.29) is 42.8 Å². The van der Waals surface area contributed by atoms with Gasteiger partial charge in [-0.3, -0.25) is 34.2 Å². The first-order valence-electron chi connectivity index (χ1n) is 19.7. The molecular formula is C40H45N11O5. The van der Waals surface area contributed by atoms with Gasteiger partial charge in [-0.2, -0.15) is 0 Å². The zero-order valence-corrected chi connectivity index (χ0v) is 31.3. The number of carbonyl (C=O) groups is 5. The van der Waals surface area contributed by atoms with Gasteiger partial charge in [0.05, 0.1) is 17.5 Å². The summed E-state index contributed by atoms with van der Waals surface area (Å²) >= 11 is 0. The zero-order valence-electron chi connectivity index (χ0n) is 31.3. The first-order valence-corrected chi connectivity index (χ1v) is 19.7. The molecule has 4 aliphatic heterocycles. The fourth-order valence-electron chi connectivity index (χ4n) is 8.93. The van der Waals surface area contributed by atoms with Crippen molar-refractivity contribution in [1.82, 2.24) is 44.9 Å². The number of hydrogen-bond donors (Lipinski definition) is 3. The molecule has 290 valence electrons. The summed E-state index contributed by atoms with van der Waals surface area (Å²) in [6, 6.07) is 10.4. The number of nitrogens with zero attached hydrogens (tertiary/aromatic N) is 8. The molecule has 16 heteroatoms. The lowest BCUT2D eigenvalue weighted by atomic mass is 9.86. The van der Waals surface area contributed by atoms with Crippen molar-refractivity contribution in [3.63, 3.8) is 0 Å². The van der Waals surface area contributed by atoms with Crippen molar-refractivity contribution < 1.29 is 24.0 Å². The van der Waals surface area contributed by atoms with Gasteiger partial charge in [-0.1, -0.05) is 6.07 Å². The minimum Gasteiger partial charge on any atom is -0.371 e. The van der Waals surface area contributed by atoms with Gasteiger partial charge in [0.15, 0.2) is 11.5 Å². The van der Waals surface area contributed by atoms with Crippen molar-refractivity contribution in [3.05, 3.63) is 71.6 Å². The number of likely N-dealkylation sites (tertiary alicyclic amines) is 1. The SMILES string of the molecule is Cc1cccc(C(=O)NC2CC(n3cnc4c(NC5CCN(CC6CCN(c7ccc8c(c7)C(=O)N(C7CCC(=O)NC7=O)C8=O)CC6)CC5)ncnc43)C2)n1. The highest BCUT2D eigenvalue weighted by molar-refractivity contribution is 6.23. The van der Waals surface area contributed by atoms with Crippen LogP contribution >= 0.6 is 0 Å². The number of anilines is 2. The molecule has 3 N–H and O–H groups in total. The van der Waals surface area contributed by atoms with Crippen LogP contribution in [0, 0.1) is 12.8 Å². The van der Waals surface area contributed by atoms with Crippen molar-refractivity contribution >= 4 is 52.2 Å². The van der Waals surface area contributed by atoms with Crippen LogP contribution in [0.15, 0.2) is 49.1 Å². The van der Waals surface area contributed by atoms with Crippen LogP contribution < -0.4 is 20.9 Å². The molecule has 56 heavy (non-hydrogen) atoms. The van der Waals surface area contributed by atoms with E-state index in [1.165, 1.54) is 0 Å². The summed E-state index contributed by atoms with van der Waals surface area (Å²) in [6.07, 6.45) is 9.35. The van der Waals surface area contributed by atoms with Crippen molar-refractivity contribution in [2.45, 2.75) is 82.5 Å². The fraction of sp³-hybridized carbons (Fsp3) is 0.475. The maximum atomic E-state index is 13.3. The molecule has 3 saturated heterocycles. The third-order valence-electron chi connectivity index (χ3n) is 12.2. The van der Waals surface area contributed by atoms with Gasteiger partial charge in [0.2, 0.25) is 11.8 Å². The van der Waals surface area contributed by atoms with E-state index < -0.39 is 23.8 Å². The number of benzene rings is 1. The van der Waals surface area contributed by atoms with Crippen molar-refractivity contribution in [2.75, 3.05) is 42.9 Å². The van der Waals surface area contributed by atoms with Crippen molar-refractivity contribution in [3.8, 4) is 0 Å². The molecule has 1 unspecified atom stereocenters. The highest BCUT2D eigenvalue weighted by atomic mass is 16.2. The topological polar surface area (TPSA) is 188 Å². The number of amides is 5. The van der Waals surface area contributed by atoms with E-state index in [0.29, 0.717) is 22.7 Å². The van der Waals surface area contributed by atoms with Crippen LogP contribution in [0.2, 0.25) is 0 Å². The van der Waals surface area contributed by atoms with Gasteiger partial charge >= 0.3 is 0 Å². The van der Waals surface area contributed by atoms with Crippen LogP contribution in [0.3, 0.4) is 0 Å². The van der Waals surface area contributed by atoms with Gasteiger partial charge in [-0.05, 0) is 88.1 Å². The number of aromatic nitrogens is 5. The number of hydrogen-bond acceptors (Lipinski definition) is 12. The Labute approximate surface area is 323 Å². The van der Waals surface area contributed by atoms with Crippen LogP contribution in [0.5, 0.6) is 0 Å². The number of imidazole rings is 1. The summed E-state index contributed by atoms with van der Waals surface area (Å²) in [5, 5.41) is 9.01. The molecular weight excluding hydrogens is 715 g/mol. The summed E-state index contributed by atoms with van der Waals surface area (Å²) in [5.74, 6) is -0.764. The Bertz CT molecular complexity index is 2220. The summed E-state index contributed by atoms with van der Waals surface area (Å²) in [6.45, 7) is 6.64. The van der Waals surface area contributed by atoms with Crippen LogP contribution in [-0.4, -0.2) is 115 Å². The normalized spacial score (nSPS) is 23.6. The molecule has 4 aromatic rings. The molecule has 0 radical (unpaired) electrons. The lowest BCUT2D eigenvalue weighted by molar-refractivity contribution is -0.136. The van der Waals surface area contributed by atoms with Crippen molar-refractivity contribution in [2.24, 2.45) is 5.92 Å². The third-order valence-corrected chi connectivity index (χ3v) is 12.2. The molecule has 9 rings (SSSR count). The van der Waals surface area contributed by atoms with Crippen LogP contribution in [0.4, 0.5) is 11.5 Å². The molecule has 3 aromatic heterocycles. The van der Waals surface area contributed by atoms with Crippen molar-refractivity contribution in [1.29, 1.82) is 0 Å². The van der Waals surface area contributed by atoms with Gasteiger partial charge in [0, 0.05) is 68.7 Å². The van der Waals surface area contributed by atoms with E-state index in [4.69, 9.17) is 4.98 Å². The maximum Gasteiger partial charge on any atom is 0.270 e. The Morgan fingerprint density at radius 2 is 1.66 bits per heavy atom. The second kappa shape index (κ2) is 14.7. The molecule has 0 spiro atoms. The van der Waals surface area contributed by atoms with E-state index in [1.54, 1.807) is 24.5 Å². The second-order valence-electron chi connectivity index (χ2n) is 15.8. The fourth-order valence-corrected chi connectivity index (χ4v) is 8.93. The molecule has 7 heterocycles. The Hall–Kier alpha value is -5.77. The Morgan fingerprint density at radius 3 is 2.43 bits per heavy atom. The average Bonchev–Trinajstić information content (AvgIpc) is 3.72. The smallest absolute Gasteiger partial charge is 0.270 e. The number of aryl methyl sites for hydroxylation is 1. The molecule has 1 atom stereocenters. The number of imide groups is 2. The molecule has 1 aromatic carbocycles. The van der Waals surface area contributed by atoms with Crippen LogP contribution in [-0.2, 0) is 9.59 Å². The number of piperidine rings is 3. The van der Waals surface area contributed by atoms with Gasteiger partial charge in [0.25, 0.3) is 17.7 Å². The lowest BCUT2D eigenvalue weighted by Crippen LogP contribution is -2.54. The maximum absolute atomic E-state index is 13.3. The Balaban J connectivity index is 0.735. The van der Waals surface area contributed by atoms with E-state index in [2.05, 4.69) is 45.3 Å².